The molecule has 0 heterocycles. The molecule has 0 saturated heterocycles. The van der Waals surface area contributed by atoms with Crippen LogP contribution >= 0.6 is 0 Å². The van der Waals surface area contributed by atoms with E-state index in [9.17, 15) is 18.0 Å². The van der Waals surface area contributed by atoms with E-state index in [-0.39, 0.29) is 17.3 Å². The molecule has 0 aromatic heterocycles. The lowest BCUT2D eigenvalue weighted by Gasteiger charge is -2.24. The minimum Gasteiger partial charge on any atom is -0.496 e. The van der Waals surface area contributed by atoms with Gasteiger partial charge in [0, 0.05) is 11.1 Å². The van der Waals surface area contributed by atoms with Gasteiger partial charge in [0.2, 0.25) is 5.91 Å². The molecule has 0 aliphatic rings. The molecule has 0 bridgehead atoms. The summed E-state index contributed by atoms with van der Waals surface area (Å²) in [6.07, 6.45) is -4.09. The van der Waals surface area contributed by atoms with Crippen molar-refractivity contribution in [2.45, 2.75) is 33.4 Å². The Labute approximate surface area is 151 Å². The maximum Gasteiger partial charge on any atom is 0.420 e. The number of carbonyl (C=O) groups excluding carboxylic acids is 1. The Morgan fingerprint density at radius 2 is 1.69 bits per heavy atom. The Balaban J connectivity index is 2.19. The van der Waals surface area contributed by atoms with E-state index in [1.165, 1.54) is 19.2 Å². The molecule has 0 atom stereocenters. The van der Waals surface area contributed by atoms with Crippen LogP contribution < -0.4 is 10.1 Å². The second-order valence-corrected chi connectivity index (χ2v) is 6.91. The van der Waals surface area contributed by atoms with Crippen molar-refractivity contribution < 1.29 is 22.7 Å². The van der Waals surface area contributed by atoms with Gasteiger partial charge in [-0.05, 0) is 37.1 Å². The summed E-state index contributed by atoms with van der Waals surface area (Å²) in [6.45, 7) is 5.50. The van der Waals surface area contributed by atoms with E-state index in [2.05, 4.69) is 5.32 Å². The van der Waals surface area contributed by atoms with E-state index in [0.29, 0.717) is 6.42 Å². The summed E-state index contributed by atoms with van der Waals surface area (Å²) < 4.78 is 44.1. The van der Waals surface area contributed by atoms with Gasteiger partial charge in [-0.25, -0.2) is 0 Å². The number of rotatable bonds is 5. The Bertz CT molecular complexity index is 781. The Hall–Kier alpha value is -2.50. The topological polar surface area (TPSA) is 38.3 Å². The maximum atomic E-state index is 13.1. The molecular weight excluding hydrogens is 343 g/mol. The van der Waals surface area contributed by atoms with Crippen molar-refractivity contribution in [2.24, 2.45) is 5.41 Å². The summed E-state index contributed by atoms with van der Waals surface area (Å²) in [4.78, 5) is 12.6. The molecule has 6 heteroatoms. The predicted octanol–water partition coefficient (Wildman–Crippen LogP) is 5.23. The van der Waals surface area contributed by atoms with Crippen LogP contribution in [-0.2, 0) is 17.4 Å². The second-order valence-electron chi connectivity index (χ2n) is 6.91. The molecule has 0 unspecified atom stereocenters. The van der Waals surface area contributed by atoms with E-state index < -0.39 is 17.2 Å². The number of anilines is 1. The van der Waals surface area contributed by atoms with Crippen molar-refractivity contribution >= 4 is 11.6 Å². The highest BCUT2D eigenvalue weighted by Crippen LogP contribution is 2.38. The van der Waals surface area contributed by atoms with Gasteiger partial charge in [-0.3, -0.25) is 4.79 Å². The number of carbonyl (C=O) groups is 1. The molecule has 140 valence electrons. The summed E-state index contributed by atoms with van der Waals surface area (Å²) in [6, 6.07) is 11.3. The Morgan fingerprint density at radius 3 is 2.23 bits per heavy atom. The molecule has 0 spiro atoms. The van der Waals surface area contributed by atoms with Crippen LogP contribution in [0.4, 0.5) is 18.9 Å². The number of nitrogens with one attached hydrogen (secondary N) is 1. The lowest BCUT2D eigenvalue weighted by molar-refractivity contribution is -0.138. The first-order valence-electron chi connectivity index (χ1n) is 8.15. The number of alkyl halides is 3. The van der Waals surface area contributed by atoms with Crippen molar-refractivity contribution in [1.82, 2.24) is 0 Å². The zero-order chi connectivity index (χ0) is 19.5. The summed E-state index contributed by atoms with van der Waals surface area (Å²) in [5.41, 5.74) is 0.484. The maximum absolute atomic E-state index is 13.1. The number of hydrogen-bond acceptors (Lipinski definition) is 2. The van der Waals surface area contributed by atoms with E-state index >= 15 is 0 Å². The normalized spacial score (nSPS) is 12.0. The van der Waals surface area contributed by atoms with Crippen LogP contribution in [0.2, 0.25) is 0 Å². The number of hydrogen-bond donors (Lipinski definition) is 1. The zero-order valence-corrected chi connectivity index (χ0v) is 15.2. The fourth-order valence-corrected chi connectivity index (χ4v) is 2.60. The quantitative estimate of drug-likeness (QED) is 0.788. The number of amides is 1. The SMILES string of the molecule is COc1ccc(NC(=O)C(C)(C)Cc2ccc(C)cc2)cc1C(F)(F)F. The summed E-state index contributed by atoms with van der Waals surface area (Å²) in [5, 5.41) is 2.58. The molecule has 26 heavy (non-hydrogen) atoms. The third kappa shape index (κ3) is 4.77. The van der Waals surface area contributed by atoms with E-state index in [1.54, 1.807) is 13.8 Å². The molecular formula is C20H22F3NO2. The molecule has 0 aliphatic heterocycles. The molecule has 1 amide bonds. The van der Waals surface area contributed by atoms with Gasteiger partial charge in [0.25, 0.3) is 0 Å². The Morgan fingerprint density at radius 1 is 1.08 bits per heavy atom. The number of aryl methyl sites for hydroxylation is 1. The number of halogens is 3. The van der Waals surface area contributed by atoms with Crippen LogP contribution in [-0.4, -0.2) is 13.0 Å². The van der Waals surface area contributed by atoms with Crippen LogP contribution in [0.25, 0.3) is 0 Å². The van der Waals surface area contributed by atoms with Gasteiger partial charge in [0.1, 0.15) is 5.75 Å². The van der Waals surface area contributed by atoms with Crippen LogP contribution in [0.1, 0.15) is 30.5 Å². The Kier molecular flexibility index (Phi) is 5.64. The van der Waals surface area contributed by atoms with E-state index in [1.807, 2.05) is 31.2 Å². The molecule has 3 nitrogen and oxygen atoms in total. The molecule has 2 aromatic carbocycles. The van der Waals surface area contributed by atoms with E-state index in [0.717, 1.165) is 17.2 Å². The molecule has 2 aromatic rings. The van der Waals surface area contributed by atoms with Crippen molar-refractivity contribution in [2.75, 3.05) is 12.4 Å². The minimum absolute atomic E-state index is 0.0834. The number of methoxy groups -OCH3 is 1. The lowest BCUT2D eigenvalue weighted by Crippen LogP contribution is -2.32. The first kappa shape index (κ1) is 19.8. The highest BCUT2D eigenvalue weighted by Gasteiger charge is 2.35. The second kappa shape index (κ2) is 7.40. The minimum atomic E-state index is -4.57. The third-order valence-corrected chi connectivity index (χ3v) is 4.14. The van der Waals surface area contributed by atoms with Crippen molar-refractivity contribution in [3.05, 3.63) is 59.2 Å². The van der Waals surface area contributed by atoms with Gasteiger partial charge in [0.15, 0.2) is 0 Å². The first-order valence-corrected chi connectivity index (χ1v) is 8.15. The smallest absolute Gasteiger partial charge is 0.420 e. The van der Waals surface area contributed by atoms with Crippen LogP contribution in [0.3, 0.4) is 0 Å². The standard InChI is InChI=1S/C20H22F3NO2/c1-13-5-7-14(8-6-13)12-19(2,3)18(25)24-15-9-10-17(26-4)16(11-15)20(21,22)23/h5-11H,12H2,1-4H3,(H,24,25). The van der Waals surface area contributed by atoms with Crippen LogP contribution in [0.15, 0.2) is 42.5 Å². The van der Waals surface area contributed by atoms with Crippen LogP contribution in [0.5, 0.6) is 5.75 Å². The molecule has 0 fully saturated rings. The third-order valence-electron chi connectivity index (χ3n) is 4.14. The van der Waals surface area contributed by atoms with Crippen molar-refractivity contribution in [3.63, 3.8) is 0 Å². The van der Waals surface area contributed by atoms with Gasteiger partial charge >= 0.3 is 6.18 Å². The van der Waals surface area contributed by atoms with Crippen molar-refractivity contribution in [3.8, 4) is 5.75 Å². The first-order chi connectivity index (χ1) is 12.0. The number of ether oxygens (including phenoxy) is 1. The highest BCUT2D eigenvalue weighted by atomic mass is 19.4. The molecule has 0 saturated carbocycles. The molecule has 0 aliphatic carbocycles. The van der Waals surface area contributed by atoms with E-state index in [4.69, 9.17) is 4.74 Å². The van der Waals surface area contributed by atoms with Gasteiger partial charge in [0.05, 0.1) is 12.7 Å². The lowest BCUT2D eigenvalue weighted by atomic mass is 9.84. The molecule has 2 rings (SSSR count). The fraction of sp³-hybridized carbons (Fsp3) is 0.350. The zero-order valence-electron chi connectivity index (χ0n) is 15.2. The predicted molar refractivity (Wildman–Crippen MR) is 95.3 cm³/mol. The average molecular weight is 365 g/mol. The monoisotopic (exact) mass is 365 g/mol. The molecule has 1 N–H and O–H groups in total. The summed E-state index contributed by atoms with van der Waals surface area (Å²) in [5.74, 6) is -0.634. The van der Waals surface area contributed by atoms with Gasteiger partial charge in [-0.1, -0.05) is 43.7 Å². The number of benzene rings is 2. The summed E-state index contributed by atoms with van der Waals surface area (Å²) >= 11 is 0. The van der Waals surface area contributed by atoms with Crippen molar-refractivity contribution in [1.29, 1.82) is 0 Å². The largest absolute Gasteiger partial charge is 0.496 e. The molecule has 0 radical (unpaired) electrons. The highest BCUT2D eigenvalue weighted by molar-refractivity contribution is 5.95. The van der Waals surface area contributed by atoms with Gasteiger partial charge < -0.3 is 10.1 Å². The average Bonchev–Trinajstić information content (AvgIpc) is 2.56. The van der Waals surface area contributed by atoms with Gasteiger partial charge in [-0.15, -0.1) is 0 Å². The fourth-order valence-electron chi connectivity index (χ4n) is 2.60. The van der Waals surface area contributed by atoms with Gasteiger partial charge in [-0.2, -0.15) is 13.2 Å². The van der Waals surface area contributed by atoms with Crippen LogP contribution in [0, 0.1) is 12.3 Å². The summed E-state index contributed by atoms with van der Waals surface area (Å²) in [7, 11) is 1.17.